The molecule has 0 saturated heterocycles. The Hall–Kier alpha value is -3.28. The van der Waals surface area contributed by atoms with Gasteiger partial charge < -0.3 is 15.4 Å². The van der Waals surface area contributed by atoms with Crippen molar-refractivity contribution in [2.24, 2.45) is 0 Å². The van der Waals surface area contributed by atoms with E-state index in [1.54, 1.807) is 6.20 Å². The van der Waals surface area contributed by atoms with Gasteiger partial charge in [-0.2, -0.15) is 5.10 Å². The number of anilines is 1. The molecule has 0 radical (unpaired) electrons. The lowest BCUT2D eigenvalue weighted by molar-refractivity contribution is 0.251. The van der Waals surface area contributed by atoms with Crippen molar-refractivity contribution >= 4 is 11.7 Å². The molecule has 1 aromatic heterocycles. The first-order chi connectivity index (χ1) is 13.7. The van der Waals surface area contributed by atoms with Crippen LogP contribution in [0.4, 0.5) is 10.5 Å². The minimum Gasteiger partial charge on any atom is -0.491 e. The number of hydrogen-bond acceptors (Lipinski definition) is 3. The fourth-order valence-electron chi connectivity index (χ4n) is 2.86. The normalized spacial score (nSPS) is 10.5. The topological polar surface area (TPSA) is 68.2 Å². The molecule has 0 unspecified atom stereocenters. The van der Waals surface area contributed by atoms with Crippen LogP contribution in [0.1, 0.15) is 30.0 Å². The molecule has 3 rings (SSSR count). The number of aromatic nitrogens is 2. The standard InChI is InChI=1S/C22H26N4O2/c1-3-13-28-21-14-17(2)9-10-20(21)25-22(27)23-15-18-7-4-5-8-19(18)16-26-12-6-11-24-26/h4-12,14H,3,13,15-16H2,1-2H3,(H2,23,25,27). The summed E-state index contributed by atoms with van der Waals surface area (Å²) < 4.78 is 7.62. The summed E-state index contributed by atoms with van der Waals surface area (Å²) in [6, 6.07) is 15.4. The van der Waals surface area contributed by atoms with Gasteiger partial charge in [0.05, 0.1) is 18.8 Å². The SMILES string of the molecule is CCCOc1cc(C)ccc1NC(=O)NCc1ccccc1Cn1cccn1. The largest absolute Gasteiger partial charge is 0.491 e. The molecular formula is C22H26N4O2. The highest BCUT2D eigenvalue weighted by atomic mass is 16.5. The molecule has 2 aromatic carbocycles. The van der Waals surface area contributed by atoms with Gasteiger partial charge in [0, 0.05) is 18.9 Å². The minimum absolute atomic E-state index is 0.265. The maximum Gasteiger partial charge on any atom is 0.319 e. The molecule has 2 N–H and O–H groups in total. The Kier molecular flexibility index (Phi) is 6.68. The number of hydrogen-bond donors (Lipinski definition) is 2. The highest BCUT2D eigenvalue weighted by Crippen LogP contribution is 2.26. The molecular weight excluding hydrogens is 352 g/mol. The lowest BCUT2D eigenvalue weighted by Gasteiger charge is -2.14. The molecule has 1 heterocycles. The van der Waals surface area contributed by atoms with Crippen LogP contribution >= 0.6 is 0 Å². The monoisotopic (exact) mass is 378 g/mol. The van der Waals surface area contributed by atoms with Crippen molar-refractivity contribution in [1.82, 2.24) is 15.1 Å². The molecule has 0 aliphatic heterocycles. The summed E-state index contributed by atoms with van der Waals surface area (Å²) in [6.07, 6.45) is 4.59. The average Bonchev–Trinajstić information content (AvgIpc) is 3.20. The van der Waals surface area contributed by atoms with Crippen molar-refractivity contribution in [2.75, 3.05) is 11.9 Å². The minimum atomic E-state index is -0.265. The number of ether oxygens (including phenoxy) is 1. The molecule has 0 fully saturated rings. The van der Waals surface area contributed by atoms with Crippen molar-refractivity contribution in [3.63, 3.8) is 0 Å². The second-order valence-electron chi connectivity index (χ2n) is 6.63. The Morgan fingerprint density at radius 3 is 2.71 bits per heavy atom. The van der Waals surface area contributed by atoms with Crippen LogP contribution in [-0.2, 0) is 13.1 Å². The summed E-state index contributed by atoms with van der Waals surface area (Å²) >= 11 is 0. The molecule has 2 amide bonds. The molecule has 0 aliphatic carbocycles. The Labute approximate surface area is 165 Å². The van der Waals surface area contributed by atoms with E-state index in [9.17, 15) is 4.79 Å². The summed E-state index contributed by atoms with van der Waals surface area (Å²) in [7, 11) is 0. The number of nitrogens with zero attached hydrogens (tertiary/aromatic N) is 2. The second-order valence-corrected chi connectivity index (χ2v) is 6.63. The van der Waals surface area contributed by atoms with Crippen LogP contribution in [0, 0.1) is 6.92 Å². The number of urea groups is 1. The van der Waals surface area contributed by atoms with Crippen LogP contribution in [0.25, 0.3) is 0 Å². The Balaban J connectivity index is 1.62. The Morgan fingerprint density at radius 1 is 1.14 bits per heavy atom. The van der Waals surface area contributed by atoms with Gasteiger partial charge in [-0.1, -0.05) is 37.3 Å². The molecule has 6 heteroatoms. The zero-order valence-corrected chi connectivity index (χ0v) is 16.3. The Morgan fingerprint density at radius 2 is 1.96 bits per heavy atom. The summed E-state index contributed by atoms with van der Waals surface area (Å²) in [6.45, 7) is 5.76. The van der Waals surface area contributed by atoms with Crippen LogP contribution in [0.5, 0.6) is 5.75 Å². The first-order valence-corrected chi connectivity index (χ1v) is 9.48. The van der Waals surface area contributed by atoms with Crippen LogP contribution in [0.3, 0.4) is 0 Å². The van der Waals surface area contributed by atoms with Gasteiger partial charge in [-0.25, -0.2) is 4.79 Å². The van der Waals surface area contributed by atoms with Gasteiger partial charge in [0.1, 0.15) is 5.75 Å². The number of benzene rings is 2. The molecule has 0 atom stereocenters. The number of amides is 2. The maximum atomic E-state index is 12.4. The smallest absolute Gasteiger partial charge is 0.319 e. The van der Waals surface area contributed by atoms with Crippen LogP contribution in [0.15, 0.2) is 60.9 Å². The van der Waals surface area contributed by atoms with E-state index in [4.69, 9.17) is 4.74 Å². The third-order valence-electron chi connectivity index (χ3n) is 4.30. The number of carbonyl (C=O) groups excluding carboxylic acids is 1. The summed E-state index contributed by atoms with van der Waals surface area (Å²) in [4.78, 5) is 12.4. The van der Waals surface area contributed by atoms with Crippen molar-refractivity contribution in [1.29, 1.82) is 0 Å². The quantitative estimate of drug-likeness (QED) is 0.612. The van der Waals surface area contributed by atoms with E-state index in [1.807, 2.05) is 66.3 Å². The van der Waals surface area contributed by atoms with Crippen LogP contribution in [-0.4, -0.2) is 22.4 Å². The van der Waals surface area contributed by atoms with E-state index in [0.29, 0.717) is 31.1 Å². The molecule has 0 bridgehead atoms. The number of carbonyl (C=O) groups is 1. The zero-order chi connectivity index (χ0) is 19.8. The lowest BCUT2D eigenvalue weighted by Crippen LogP contribution is -2.29. The second kappa shape index (κ2) is 9.60. The van der Waals surface area contributed by atoms with Gasteiger partial charge in [-0.05, 0) is 48.2 Å². The lowest BCUT2D eigenvalue weighted by atomic mass is 10.1. The molecule has 28 heavy (non-hydrogen) atoms. The van der Waals surface area contributed by atoms with E-state index in [-0.39, 0.29) is 6.03 Å². The molecule has 146 valence electrons. The first-order valence-electron chi connectivity index (χ1n) is 9.48. The average molecular weight is 378 g/mol. The van der Waals surface area contributed by atoms with Gasteiger partial charge in [0.25, 0.3) is 0 Å². The third-order valence-corrected chi connectivity index (χ3v) is 4.30. The van der Waals surface area contributed by atoms with E-state index in [0.717, 1.165) is 23.1 Å². The number of nitrogens with one attached hydrogen (secondary N) is 2. The van der Waals surface area contributed by atoms with Gasteiger partial charge in [0.15, 0.2) is 0 Å². The maximum absolute atomic E-state index is 12.4. The van der Waals surface area contributed by atoms with E-state index in [1.165, 1.54) is 0 Å². The van der Waals surface area contributed by atoms with Gasteiger partial charge >= 0.3 is 6.03 Å². The van der Waals surface area contributed by atoms with E-state index >= 15 is 0 Å². The summed E-state index contributed by atoms with van der Waals surface area (Å²) in [5.41, 5.74) is 3.93. The van der Waals surface area contributed by atoms with Crippen molar-refractivity contribution in [3.8, 4) is 5.75 Å². The van der Waals surface area contributed by atoms with Crippen molar-refractivity contribution in [3.05, 3.63) is 77.6 Å². The van der Waals surface area contributed by atoms with Gasteiger partial charge in [-0.15, -0.1) is 0 Å². The van der Waals surface area contributed by atoms with E-state index < -0.39 is 0 Å². The predicted octanol–water partition coefficient (Wildman–Crippen LogP) is 4.35. The van der Waals surface area contributed by atoms with Crippen LogP contribution in [0.2, 0.25) is 0 Å². The van der Waals surface area contributed by atoms with Gasteiger partial charge in [0.2, 0.25) is 0 Å². The third kappa shape index (κ3) is 5.36. The molecule has 6 nitrogen and oxygen atoms in total. The molecule has 3 aromatic rings. The number of rotatable bonds is 8. The summed E-state index contributed by atoms with van der Waals surface area (Å²) in [5.74, 6) is 0.691. The van der Waals surface area contributed by atoms with E-state index in [2.05, 4.69) is 22.7 Å². The predicted molar refractivity (Wildman–Crippen MR) is 111 cm³/mol. The molecule has 0 saturated carbocycles. The fraction of sp³-hybridized carbons (Fsp3) is 0.273. The fourth-order valence-corrected chi connectivity index (χ4v) is 2.86. The molecule has 0 aliphatic rings. The van der Waals surface area contributed by atoms with Gasteiger partial charge in [-0.3, -0.25) is 4.68 Å². The van der Waals surface area contributed by atoms with Crippen molar-refractivity contribution in [2.45, 2.75) is 33.4 Å². The zero-order valence-electron chi connectivity index (χ0n) is 16.3. The Bertz CT molecular complexity index is 907. The van der Waals surface area contributed by atoms with Crippen LogP contribution < -0.4 is 15.4 Å². The molecule has 0 spiro atoms. The highest BCUT2D eigenvalue weighted by Gasteiger charge is 2.09. The van der Waals surface area contributed by atoms with Crippen molar-refractivity contribution < 1.29 is 9.53 Å². The first kappa shape index (κ1) is 19.5. The number of aryl methyl sites for hydroxylation is 1. The highest BCUT2D eigenvalue weighted by molar-refractivity contribution is 5.91. The summed E-state index contributed by atoms with van der Waals surface area (Å²) in [5, 5.41) is 10.1.